The Morgan fingerprint density at radius 1 is 0.977 bits per heavy atom. The molecule has 5 aliphatic carbocycles. The van der Waals surface area contributed by atoms with E-state index in [1.165, 1.54) is 12.1 Å². The lowest BCUT2D eigenvalue weighted by atomic mass is 9.53. The van der Waals surface area contributed by atoms with Gasteiger partial charge in [-0.05, 0) is 93.0 Å². The molecule has 0 saturated heterocycles. The molecule has 9 rings (SSSR count). The zero-order valence-electron chi connectivity index (χ0n) is 23.8. The molecule has 4 aromatic rings. The maximum Gasteiger partial charge on any atom is 0.248 e. The van der Waals surface area contributed by atoms with Gasteiger partial charge in [0.1, 0.15) is 11.3 Å². The van der Waals surface area contributed by atoms with Crippen LogP contribution in [0.1, 0.15) is 88.3 Å². The average molecular weight is 591 g/mol. The van der Waals surface area contributed by atoms with E-state index in [0.29, 0.717) is 40.7 Å². The van der Waals surface area contributed by atoms with Gasteiger partial charge in [0, 0.05) is 54.5 Å². The van der Waals surface area contributed by atoms with Crippen molar-refractivity contribution in [2.45, 2.75) is 87.9 Å². The molecule has 5 saturated carbocycles. The predicted molar refractivity (Wildman–Crippen MR) is 152 cm³/mol. The monoisotopic (exact) mass is 590 g/mol. The molecule has 2 heterocycles. The molecular weight excluding hydrogens is 557 g/mol. The summed E-state index contributed by atoms with van der Waals surface area (Å²) >= 11 is 0. The topological polar surface area (TPSA) is 85.3 Å². The van der Waals surface area contributed by atoms with Crippen molar-refractivity contribution in [3.8, 4) is 11.5 Å². The average Bonchev–Trinajstić information content (AvgIpc) is 3.55. The standard InChI is InChI=1S/C33H33F3N4O3/c34-23-6-7-26-25(16-23)37-29(42-26)22-2-1-3-24(15-22)40(27(41)14-20-17-33(35,36)18-20)19-31-8-11-32(12-9-31,13-10-31)30-38-28(39-43-30)21-4-5-21/h1-3,6-7,15-16,20-21H,4-5,8-14,17-19H2. The van der Waals surface area contributed by atoms with Crippen molar-refractivity contribution in [3.63, 3.8) is 0 Å². The maximum absolute atomic E-state index is 13.9. The number of benzene rings is 2. The predicted octanol–water partition coefficient (Wildman–Crippen LogP) is 7.95. The quantitative estimate of drug-likeness (QED) is 0.207. The molecule has 5 aliphatic rings. The highest BCUT2D eigenvalue weighted by Crippen LogP contribution is 2.58. The van der Waals surface area contributed by atoms with Gasteiger partial charge < -0.3 is 13.8 Å². The number of rotatable bonds is 8. The third-order valence-corrected chi connectivity index (χ3v) is 10.4. The first kappa shape index (κ1) is 26.9. The van der Waals surface area contributed by atoms with Gasteiger partial charge in [0.2, 0.25) is 23.6 Å². The number of nitrogens with zero attached hydrogens (tertiary/aromatic N) is 4. The minimum Gasteiger partial charge on any atom is -0.436 e. The van der Waals surface area contributed by atoms with Gasteiger partial charge in [-0.15, -0.1) is 0 Å². The summed E-state index contributed by atoms with van der Waals surface area (Å²) in [6, 6.07) is 11.6. The van der Waals surface area contributed by atoms with E-state index in [1.54, 1.807) is 11.0 Å². The van der Waals surface area contributed by atoms with Gasteiger partial charge in [0.15, 0.2) is 11.4 Å². The lowest BCUT2D eigenvalue weighted by Gasteiger charge is -2.53. The molecule has 0 spiro atoms. The van der Waals surface area contributed by atoms with E-state index in [0.717, 1.165) is 63.1 Å². The summed E-state index contributed by atoms with van der Waals surface area (Å²) in [5, 5.41) is 4.27. The Kier molecular flexibility index (Phi) is 6.04. The van der Waals surface area contributed by atoms with Crippen molar-refractivity contribution in [3.05, 3.63) is 60.0 Å². The summed E-state index contributed by atoms with van der Waals surface area (Å²) < 4.78 is 52.8. The van der Waals surface area contributed by atoms with E-state index in [-0.39, 0.29) is 41.9 Å². The second-order valence-corrected chi connectivity index (χ2v) is 13.5. The first-order valence-corrected chi connectivity index (χ1v) is 15.4. The number of alkyl halides is 2. The molecule has 1 amide bonds. The SMILES string of the molecule is O=C(CC1CC(F)(F)C1)N(CC12CCC(c3nc(C4CC4)no3)(CC1)CC2)c1cccc(-c2nc3cc(F)ccc3o2)c1. The zero-order valence-corrected chi connectivity index (χ0v) is 23.8. The number of anilines is 1. The van der Waals surface area contributed by atoms with Gasteiger partial charge in [-0.3, -0.25) is 4.79 Å². The molecule has 43 heavy (non-hydrogen) atoms. The van der Waals surface area contributed by atoms with Crippen LogP contribution in [0.2, 0.25) is 0 Å². The van der Waals surface area contributed by atoms with Crippen LogP contribution in [0.5, 0.6) is 0 Å². The minimum atomic E-state index is -2.68. The number of amides is 1. The van der Waals surface area contributed by atoms with E-state index < -0.39 is 11.7 Å². The lowest BCUT2D eigenvalue weighted by Crippen LogP contribution is -2.51. The van der Waals surface area contributed by atoms with Crippen molar-refractivity contribution in [1.82, 2.24) is 15.1 Å². The van der Waals surface area contributed by atoms with E-state index in [9.17, 15) is 18.0 Å². The number of hydrogen-bond acceptors (Lipinski definition) is 6. The number of carbonyl (C=O) groups excluding carboxylic acids is 1. The van der Waals surface area contributed by atoms with Crippen molar-refractivity contribution >= 4 is 22.7 Å². The summed E-state index contributed by atoms with van der Waals surface area (Å²) in [6.45, 7) is 0.518. The number of halogens is 3. The van der Waals surface area contributed by atoms with Crippen LogP contribution in [-0.2, 0) is 10.2 Å². The highest BCUT2D eigenvalue weighted by atomic mass is 19.3. The Labute approximate surface area is 246 Å². The fourth-order valence-electron chi connectivity index (χ4n) is 7.56. The number of carbonyl (C=O) groups is 1. The van der Waals surface area contributed by atoms with Crippen LogP contribution in [0.15, 0.2) is 51.4 Å². The van der Waals surface area contributed by atoms with Crippen LogP contribution in [0, 0.1) is 17.2 Å². The highest BCUT2D eigenvalue weighted by molar-refractivity contribution is 5.94. The molecule has 5 fully saturated rings. The van der Waals surface area contributed by atoms with Crippen molar-refractivity contribution in [1.29, 1.82) is 0 Å². The molecule has 2 aromatic heterocycles. The van der Waals surface area contributed by atoms with Crippen LogP contribution in [0.4, 0.5) is 18.9 Å². The van der Waals surface area contributed by atoms with Crippen LogP contribution < -0.4 is 4.90 Å². The molecule has 0 aliphatic heterocycles. The lowest BCUT2D eigenvalue weighted by molar-refractivity contribution is -0.132. The molecule has 10 heteroatoms. The van der Waals surface area contributed by atoms with Crippen molar-refractivity contribution in [2.24, 2.45) is 11.3 Å². The second-order valence-electron chi connectivity index (χ2n) is 13.5. The van der Waals surface area contributed by atoms with Gasteiger partial charge in [-0.25, -0.2) is 18.2 Å². The first-order chi connectivity index (χ1) is 20.7. The van der Waals surface area contributed by atoms with Crippen LogP contribution in [0.25, 0.3) is 22.6 Å². The van der Waals surface area contributed by atoms with Gasteiger partial charge in [0.25, 0.3) is 0 Å². The highest BCUT2D eigenvalue weighted by Gasteiger charge is 2.53. The van der Waals surface area contributed by atoms with Crippen LogP contribution in [0.3, 0.4) is 0 Å². The summed E-state index contributed by atoms with van der Waals surface area (Å²) in [6.07, 6.45) is 7.42. The third kappa shape index (κ3) is 4.92. The Morgan fingerprint density at radius 2 is 1.74 bits per heavy atom. The number of hydrogen-bond donors (Lipinski definition) is 0. The normalized spacial score (nSPS) is 26.5. The van der Waals surface area contributed by atoms with E-state index in [4.69, 9.17) is 13.9 Å². The fourth-order valence-corrected chi connectivity index (χ4v) is 7.56. The Hall–Kier alpha value is -3.69. The first-order valence-electron chi connectivity index (χ1n) is 15.4. The summed E-state index contributed by atoms with van der Waals surface area (Å²) in [5.41, 5.74) is 2.06. The largest absolute Gasteiger partial charge is 0.436 e. The van der Waals surface area contributed by atoms with Gasteiger partial charge >= 0.3 is 0 Å². The van der Waals surface area contributed by atoms with Gasteiger partial charge in [-0.2, -0.15) is 4.98 Å². The van der Waals surface area contributed by atoms with E-state index in [1.807, 2.05) is 24.3 Å². The zero-order chi connectivity index (χ0) is 29.4. The molecule has 0 atom stereocenters. The summed E-state index contributed by atoms with van der Waals surface area (Å²) in [4.78, 5) is 24.9. The Balaban J connectivity index is 1.06. The van der Waals surface area contributed by atoms with E-state index in [2.05, 4.69) is 10.1 Å². The number of aromatic nitrogens is 3. The molecule has 0 radical (unpaired) electrons. The van der Waals surface area contributed by atoms with Crippen molar-refractivity contribution in [2.75, 3.05) is 11.4 Å². The van der Waals surface area contributed by atoms with E-state index >= 15 is 0 Å². The summed E-state index contributed by atoms with van der Waals surface area (Å²) in [7, 11) is 0. The molecule has 0 unspecified atom stereocenters. The van der Waals surface area contributed by atoms with Crippen molar-refractivity contribution < 1.29 is 26.9 Å². The van der Waals surface area contributed by atoms with Gasteiger partial charge in [-0.1, -0.05) is 11.2 Å². The van der Waals surface area contributed by atoms with Crippen LogP contribution >= 0.6 is 0 Å². The number of fused-ring (bicyclic) bond motifs is 4. The molecular formula is C33H33F3N4O3. The van der Waals surface area contributed by atoms with Crippen LogP contribution in [-0.4, -0.2) is 33.5 Å². The molecule has 2 aromatic carbocycles. The Morgan fingerprint density at radius 3 is 2.47 bits per heavy atom. The third-order valence-electron chi connectivity index (χ3n) is 10.4. The fraction of sp³-hybridized carbons (Fsp3) is 0.515. The molecule has 7 nitrogen and oxygen atoms in total. The Bertz CT molecular complexity index is 1680. The minimum absolute atomic E-state index is 0.0779. The number of oxazole rings is 1. The second kappa shape index (κ2) is 9.66. The molecule has 0 N–H and O–H groups in total. The van der Waals surface area contributed by atoms with Gasteiger partial charge in [0.05, 0.1) is 0 Å². The smallest absolute Gasteiger partial charge is 0.248 e. The summed E-state index contributed by atoms with van der Waals surface area (Å²) in [5.74, 6) is -1.14. The maximum atomic E-state index is 13.9. The molecule has 2 bridgehead atoms. The molecule has 224 valence electrons.